The van der Waals surface area contributed by atoms with Gasteiger partial charge < -0.3 is 20.9 Å². The number of amides is 2. The van der Waals surface area contributed by atoms with Crippen LogP contribution >= 0.6 is 0 Å². The number of hydrogen-bond acceptors (Lipinski definition) is 5. The topological polar surface area (TPSA) is 120 Å². The summed E-state index contributed by atoms with van der Waals surface area (Å²) in [5.74, 6) is 0.00336. The van der Waals surface area contributed by atoms with E-state index in [2.05, 4.69) is 4.98 Å². The second-order valence-electron chi connectivity index (χ2n) is 7.61. The maximum atomic E-state index is 13.0. The molecular formula is C24H24N6O2. The van der Waals surface area contributed by atoms with Gasteiger partial charge in [-0.05, 0) is 54.6 Å². The normalized spacial score (nSPS) is 10.9. The van der Waals surface area contributed by atoms with Gasteiger partial charge in [0.25, 0.3) is 5.91 Å². The zero-order valence-corrected chi connectivity index (χ0v) is 17.7. The highest BCUT2D eigenvalue weighted by molar-refractivity contribution is 5.98. The molecule has 0 radical (unpaired) electrons. The molecule has 2 aromatic carbocycles. The van der Waals surface area contributed by atoms with Crippen LogP contribution in [-0.2, 0) is 17.8 Å². The van der Waals surface area contributed by atoms with Gasteiger partial charge in [-0.1, -0.05) is 6.07 Å². The Morgan fingerprint density at radius 2 is 1.84 bits per heavy atom. The third-order valence-electron chi connectivity index (χ3n) is 5.25. The first-order valence-corrected chi connectivity index (χ1v) is 10.2. The molecule has 2 heterocycles. The number of nitrogens with zero attached hydrogens (tertiary/aromatic N) is 4. The molecule has 0 saturated carbocycles. The fraction of sp³-hybridized carbons (Fsp3) is 0.167. The van der Waals surface area contributed by atoms with E-state index in [4.69, 9.17) is 16.5 Å². The van der Waals surface area contributed by atoms with Crippen molar-refractivity contribution >= 4 is 28.5 Å². The lowest BCUT2D eigenvalue weighted by atomic mass is 10.1. The Labute approximate surface area is 185 Å². The standard InChI is InChI=1S/C24H24N6O2/c1-29(13-11-19-4-2-3-12-27-19)24(32)17-7-10-21-20(14-17)28-23(30(21)15-22(26)31)16-5-8-18(25)9-6-16/h2-10,12,14H,11,13,15,25H2,1H3,(H2,26,31). The molecule has 0 fully saturated rings. The number of likely N-dealkylation sites (N-methyl/N-ethyl adjacent to an activating group) is 1. The van der Waals surface area contributed by atoms with Crippen molar-refractivity contribution in [3.05, 3.63) is 78.1 Å². The van der Waals surface area contributed by atoms with E-state index in [0.29, 0.717) is 35.6 Å². The van der Waals surface area contributed by atoms with Crippen LogP contribution in [-0.4, -0.2) is 44.8 Å². The second-order valence-corrected chi connectivity index (χ2v) is 7.61. The van der Waals surface area contributed by atoms with E-state index < -0.39 is 5.91 Å². The average molecular weight is 428 g/mol. The number of benzene rings is 2. The summed E-state index contributed by atoms with van der Waals surface area (Å²) in [6, 6.07) is 18.2. The minimum atomic E-state index is -0.476. The Balaban J connectivity index is 1.63. The van der Waals surface area contributed by atoms with Gasteiger partial charge in [0.05, 0.1) is 11.0 Å². The number of nitrogen functional groups attached to an aromatic ring is 1. The number of aromatic nitrogens is 3. The fourth-order valence-corrected chi connectivity index (χ4v) is 3.58. The van der Waals surface area contributed by atoms with Crippen LogP contribution in [0.1, 0.15) is 16.1 Å². The van der Waals surface area contributed by atoms with Crippen LogP contribution in [0.3, 0.4) is 0 Å². The number of anilines is 1. The van der Waals surface area contributed by atoms with E-state index in [1.54, 1.807) is 53.0 Å². The van der Waals surface area contributed by atoms with Crippen molar-refractivity contribution in [1.29, 1.82) is 0 Å². The maximum Gasteiger partial charge on any atom is 0.253 e. The Bertz CT molecular complexity index is 1270. The van der Waals surface area contributed by atoms with Gasteiger partial charge >= 0.3 is 0 Å². The number of carbonyl (C=O) groups excluding carboxylic acids is 2. The zero-order chi connectivity index (χ0) is 22.7. The molecular weight excluding hydrogens is 404 g/mol. The Hall–Kier alpha value is -4.20. The summed E-state index contributed by atoms with van der Waals surface area (Å²) >= 11 is 0. The third-order valence-corrected chi connectivity index (χ3v) is 5.25. The molecule has 162 valence electrons. The SMILES string of the molecule is CN(CCc1ccccn1)C(=O)c1ccc2c(c1)nc(-c1ccc(N)cc1)n2CC(N)=O. The molecule has 0 bridgehead atoms. The van der Waals surface area contributed by atoms with Gasteiger partial charge in [-0.15, -0.1) is 0 Å². The highest BCUT2D eigenvalue weighted by atomic mass is 16.2. The fourth-order valence-electron chi connectivity index (χ4n) is 3.58. The van der Waals surface area contributed by atoms with Gasteiger partial charge in [0.15, 0.2) is 0 Å². The second kappa shape index (κ2) is 8.89. The van der Waals surface area contributed by atoms with Gasteiger partial charge in [0.1, 0.15) is 12.4 Å². The summed E-state index contributed by atoms with van der Waals surface area (Å²) in [6.07, 6.45) is 2.41. The third kappa shape index (κ3) is 4.44. The molecule has 2 amide bonds. The van der Waals surface area contributed by atoms with Crippen LogP contribution in [0.2, 0.25) is 0 Å². The minimum Gasteiger partial charge on any atom is -0.399 e. The summed E-state index contributed by atoms with van der Waals surface area (Å²) in [6.45, 7) is 0.522. The molecule has 8 heteroatoms. The van der Waals surface area contributed by atoms with Crippen LogP contribution in [0.4, 0.5) is 5.69 Å². The Morgan fingerprint density at radius 1 is 1.06 bits per heavy atom. The number of nitrogens with two attached hydrogens (primary N) is 2. The van der Waals surface area contributed by atoms with Gasteiger partial charge in [-0.2, -0.15) is 0 Å². The van der Waals surface area contributed by atoms with Crippen LogP contribution in [0.15, 0.2) is 66.9 Å². The number of fused-ring (bicyclic) bond motifs is 1. The lowest BCUT2D eigenvalue weighted by molar-refractivity contribution is -0.118. The average Bonchev–Trinajstić information content (AvgIpc) is 3.15. The maximum absolute atomic E-state index is 13.0. The molecule has 0 atom stereocenters. The molecule has 4 rings (SSSR count). The molecule has 8 nitrogen and oxygen atoms in total. The van der Waals surface area contributed by atoms with E-state index in [-0.39, 0.29) is 12.5 Å². The van der Waals surface area contributed by atoms with Gasteiger partial charge in [0.2, 0.25) is 5.91 Å². The van der Waals surface area contributed by atoms with Crippen LogP contribution in [0.5, 0.6) is 0 Å². The van der Waals surface area contributed by atoms with Crippen molar-refractivity contribution in [2.45, 2.75) is 13.0 Å². The number of pyridine rings is 1. The first kappa shape index (κ1) is 21.0. The van der Waals surface area contributed by atoms with E-state index in [9.17, 15) is 9.59 Å². The highest BCUT2D eigenvalue weighted by Crippen LogP contribution is 2.26. The molecule has 0 unspecified atom stereocenters. The molecule has 0 aliphatic carbocycles. The molecule has 0 aliphatic rings. The quantitative estimate of drug-likeness (QED) is 0.438. The van der Waals surface area contributed by atoms with E-state index in [1.165, 1.54) is 0 Å². The molecule has 0 aliphatic heterocycles. The van der Waals surface area contributed by atoms with Gasteiger partial charge in [-0.25, -0.2) is 4.98 Å². The molecule has 4 N–H and O–H groups in total. The summed E-state index contributed by atoms with van der Waals surface area (Å²) < 4.78 is 1.75. The number of primary amides is 1. The molecule has 4 aromatic rings. The van der Waals surface area contributed by atoms with Crippen LogP contribution < -0.4 is 11.5 Å². The Kier molecular flexibility index (Phi) is 5.85. The smallest absolute Gasteiger partial charge is 0.253 e. The first-order chi connectivity index (χ1) is 15.4. The first-order valence-electron chi connectivity index (χ1n) is 10.2. The predicted octanol–water partition coefficient (Wildman–Crippen LogP) is 2.48. The van der Waals surface area contributed by atoms with Gasteiger partial charge in [-0.3, -0.25) is 14.6 Å². The van der Waals surface area contributed by atoms with Crippen molar-refractivity contribution < 1.29 is 9.59 Å². The van der Waals surface area contributed by atoms with Crippen molar-refractivity contribution in [1.82, 2.24) is 19.4 Å². The van der Waals surface area contributed by atoms with Gasteiger partial charge in [0, 0.05) is 48.7 Å². The molecule has 32 heavy (non-hydrogen) atoms. The highest BCUT2D eigenvalue weighted by Gasteiger charge is 2.18. The van der Waals surface area contributed by atoms with Crippen LogP contribution in [0, 0.1) is 0 Å². The number of carbonyl (C=O) groups is 2. The lowest BCUT2D eigenvalue weighted by Crippen LogP contribution is -2.29. The van der Waals surface area contributed by atoms with E-state index >= 15 is 0 Å². The van der Waals surface area contributed by atoms with Crippen LogP contribution in [0.25, 0.3) is 22.4 Å². The van der Waals surface area contributed by atoms with E-state index in [0.717, 1.165) is 16.8 Å². The van der Waals surface area contributed by atoms with Crippen molar-refractivity contribution in [2.24, 2.45) is 5.73 Å². The summed E-state index contributed by atoms with van der Waals surface area (Å²) in [7, 11) is 1.76. The van der Waals surface area contributed by atoms with Crippen molar-refractivity contribution in [3.63, 3.8) is 0 Å². The Morgan fingerprint density at radius 3 is 2.53 bits per heavy atom. The van der Waals surface area contributed by atoms with Crippen molar-refractivity contribution in [2.75, 3.05) is 19.3 Å². The summed E-state index contributed by atoms with van der Waals surface area (Å²) in [4.78, 5) is 35.3. The van der Waals surface area contributed by atoms with Crippen molar-refractivity contribution in [3.8, 4) is 11.4 Å². The van der Waals surface area contributed by atoms with E-state index in [1.807, 2.05) is 30.3 Å². The zero-order valence-electron chi connectivity index (χ0n) is 17.7. The predicted molar refractivity (Wildman–Crippen MR) is 124 cm³/mol. The summed E-state index contributed by atoms with van der Waals surface area (Å²) in [5.41, 5.74) is 15.5. The number of imidazole rings is 1. The number of rotatable bonds is 7. The largest absolute Gasteiger partial charge is 0.399 e. The molecule has 0 saturated heterocycles. The molecule has 2 aromatic heterocycles. The minimum absolute atomic E-state index is 0.0204. The lowest BCUT2D eigenvalue weighted by Gasteiger charge is -2.17. The summed E-state index contributed by atoms with van der Waals surface area (Å²) in [5, 5.41) is 0. The molecule has 0 spiro atoms. The monoisotopic (exact) mass is 428 g/mol. The number of hydrogen-bond donors (Lipinski definition) is 2.